The third-order valence-corrected chi connectivity index (χ3v) is 2.90. The van der Waals surface area contributed by atoms with Crippen molar-refractivity contribution >= 4 is 11.4 Å². The molecule has 1 aliphatic heterocycles. The quantitative estimate of drug-likeness (QED) is 0.717. The average molecular weight is 202 g/mol. The van der Waals surface area contributed by atoms with E-state index in [-0.39, 0.29) is 5.66 Å². The zero-order valence-electron chi connectivity index (χ0n) is 9.59. The fourth-order valence-corrected chi connectivity index (χ4v) is 2.04. The van der Waals surface area contributed by atoms with Crippen molar-refractivity contribution in [2.45, 2.75) is 32.9 Å². The molecular weight excluding hydrogens is 184 g/mol. The van der Waals surface area contributed by atoms with Crippen LogP contribution in [0.1, 0.15) is 25.8 Å². The molecule has 0 bridgehead atoms. The highest BCUT2D eigenvalue weighted by Crippen LogP contribution is 2.36. The third-order valence-electron chi connectivity index (χ3n) is 2.90. The van der Waals surface area contributed by atoms with Crippen molar-refractivity contribution in [2.75, 3.05) is 10.6 Å². The lowest BCUT2D eigenvalue weighted by molar-refractivity contribution is 0.646. The number of hydrogen-bond donors (Lipinski definition) is 2. The molecule has 0 radical (unpaired) electrons. The third kappa shape index (κ3) is 1.72. The lowest BCUT2D eigenvalue weighted by Gasteiger charge is -2.25. The molecule has 1 atom stereocenters. The zero-order valence-corrected chi connectivity index (χ0v) is 9.59. The number of hydrogen-bond acceptors (Lipinski definition) is 2. The van der Waals surface area contributed by atoms with Gasteiger partial charge < -0.3 is 10.6 Å². The van der Waals surface area contributed by atoms with E-state index in [4.69, 9.17) is 0 Å². The molecule has 0 saturated carbocycles. The van der Waals surface area contributed by atoms with E-state index < -0.39 is 0 Å². The van der Waals surface area contributed by atoms with E-state index in [9.17, 15) is 0 Å². The maximum Gasteiger partial charge on any atom is 0.127 e. The summed E-state index contributed by atoms with van der Waals surface area (Å²) >= 11 is 0. The van der Waals surface area contributed by atoms with E-state index >= 15 is 0 Å². The molecule has 0 saturated heterocycles. The molecule has 1 aliphatic rings. The number of benzene rings is 1. The van der Waals surface area contributed by atoms with Crippen LogP contribution in [0, 0.1) is 6.92 Å². The summed E-state index contributed by atoms with van der Waals surface area (Å²) in [5.74, 6) is 0. The summed E-state index contributed by atoms with van der Waals surface area (Å²) < 4.78 is 0. The normalized spacial score (nSPS) is 23.7. The number of nitrogens with one attached hydrogen (secondary N) is 2. The van der Waals surface area contributed by atoms with Crippen LogP contribution in [-0.4, -0.2) is 5.66 Å². The molecule has 2 N–H and O–H groups in total. The highest BCUT2D eigenvalue weighted by Gasteiger charge is 2.31. The number of anilines is 2. The van der Waals surface area contributed by atoms with Gasteiger partial charge in [-0.05, 0) is 44.0 Å². The van der Waals surface area contributed by atoms with E-state index in [0.717, 1.165) is 6.42 Å². The molecular formula is C13H18N2. The largest absolute Gasteiger partial charge is 0.358 e. The predicted octanol–water partition coefficient (Wildman–Crippen LogP) is 3.51. The van der Waals surface area contributed by atoms with Gasteiger partial charge >= 0.3 is 0 Å². The van der Waals surface area contributed by atoms with Gasteiger partial charge in [0, 0.05) is 0 Å². The van der Waals surface area contributed by atoms with Crippen molar-refractivity contribution in [3.63, 3.8) is 0 Å². The van der Waals surface area contributed by atoms with Crippen LogP contribution >= 0.6 is 0 Å². The van der Waals surface area contributed by atoms with Crippen LogP contribution < -0.4 is 10.6 Å². The Balaban J connectivity index is 2.34. The minimum absolute atomic E-state index is 0.0924. The Kier molecular flexibility index (Phi) is 2.43. The second-order valence-electron chi connectivity index (χ2n) is 4.12. The first kappa shape index (κ1) is 10.1. The smallest absolute Gasteiger partial charge is 0.127 e. The van der Waals surface area contributed by atoms with Crippen molar-refractivity contribution in [3.8, 4) is 0 Å². The molecule has 2 heteroatoms. The summed E-state index contributed by atoms with van der Waals surface area (Å²) in [5, 5.41) is 7.07. The second-order valence-corrected chi connectivity index (χ2v) is 4.12. The molecule has 1 aromatic carbocycles. The van der Waals surface area contributed by atoms with Crippen LogP contribution in [0.15, 0.2) is 30.4 Å². The molecule has 2 nitrogen and oxygen atoms in total. The molecule has 0 spiro atoms. The van der Waals surface area contributed by atoms with Gasteiger partial charge in [-0.15, -0.1) is 0 Å². The summed E-state index contributed by atoms with van der Waals surface area (Å²) in [6.45, 7) is 6.34. The van der Waals surface area contributed by atoms with Crippen LogP contribution in [0.25, 0.3) is 0 Å². The molecule has 1 unspecified atom stereocenters. The van der Waals surface area contributed by atoms with Crippen LogP contribution in [0.2, 0.25) is 0 Å². The molecule has 1 heterocycles. The summed E-state index contributed by atoms with van der Waals surface area (Å²) in [5.41, 5.74) is 3.59. The van der Waals surface area contributed by atoms with Crippen LogP contribution in [0.3, 0.4) is 0 Å². The monoisotopic (exact) mass is 202 g/mol. The molecule has 0 aliphatic carbocycles. The first-order valence-electron chi connectivity index (χ1n) is 5.50. The molecule has 0 amide bonds. The van der Waals surface area contributed by atoms with E-state index in [2.05, 4.69) is 61.8 Å². The van der Waals surface area contributed by atoms with Crippen molar-refractivity contribution in [2.24, 2.45) is 0 Å². The van der Waals surface area contributed by atoms with Gasteiger partial charge in [0.05, 0.1) is 11.4 Å². The van der Waals surface area contributed by atoms with Gasteiger partial charge in [-0.1, -0.05) is 19.1 Å². The van der Waals surface area contributed by atoms with Crippen LogP contribution in [0.5, 0.6) is 0 Å². The van der Waals surface area contributed by atoms with Gasteiger partial charge in [0.15, 0.2) is 0 Å². The van der Waals surface area contributed by atoms with Gasteiger partial charge in [0.2, 0.25) is 0 Å². The molecule has 0 fully saturated rings. The van der Waals surface area contributed by atoms with Gasteiger partial charge in [-0.2, -0.15) is 0 Å². The van der Waals surface area contributed by atoms with Crippen LogP contribution in [-0.2, 0) is 0 Å². The predicted molar refractivity (Wildman–Crippen MR) is 66.3 cm³/mol. The Bertz CT molecular complexity index is 396. The number of allylic oxidation sites excluding steroid dienone is 1. The van der Waals surface area contributed by atoms with Crippen molar-refractivity contribution < 1.29 is 0 Å². The minimum Gasteiger partial charge on any atom is -0.358 e. The Morgan fingerprint density at radius 2 is 2.00 bits per heavy atom. The molecule has 1 aromatic rings. The van der Waals surface area contributed by atoms with Crippen molar-refractivity contribution in [1.29, 1.82) is 0 Å². The lowest BCUT2D eigenvalue weighted by atomic mass is 10.1. The number of rotatable bonds is 2. The Hall–Kier alpha value is -1.44. The van der Waals surface area contributed by atoms with Gasteiger partial charge in [-0.3, -0.25) is 0 Å². The summed E-state index contributed by atoms with van der Waals surface area (Å²) in [6.07, 6.45) is 5.29. The van der Waals surface area contributed by atoms with E-state index in [0.29, 0.717) is 0 Å². The Morgan fingerprint density at radius 3 is 2.67 bits per heavy atom. The second kappa shape index (κ2) is 3.61. The molecule has 80 valence electrons. The maximum absolute atomic E-state index is 3.54. The zero-order chi connectivity index (χ0) is 10.9. The fourth-order valence-electron chi connectivity index (χ4n) is 2.04. The van der Waals surface area contributed by atoms with E-state index in [1.807, 2.05) is 0 Å². The number of aryl methyl sites for hydroxylation is 1. The topological polar surface area (TPSA) is 24.1 Å². The lowest BCUT2D eigenvalue weighted by Crippen LogP contribution is -2.38. The standard InChI is InChI=1S/C13H18N2/c1-4-8-13(5-2)14-11-7-6-10(3)9-12(11)15-13/h4,6-9,14-15H,5H2,1-3H3. The highest BCUT2D eigenvalue weighted by molar-refractivity contribution is 5.77. The molecule has 0 aromatic heterocycles. The summed E-state index contributed by atoms with van der Waals surface area (Å²) in [7, 11) is 0. The maximum atomic E-state index is 3.54. The fraction of sp³-hybridized carbons (Fsp3) is 0.385. The summed E-state index contributed by atoms with van der Waals surface area (Å²) in [4.78, 5) is 0. The first-order valence-corrected chi connectivity index (χ1v) is 5.50. The molecule has 2 rings (SSSR count). The Labute approximate surface area is 91.4 Å². The van der Waals surface area contributed by atoms with Gasteiger partial charge in [0.25, 0.3) is 0 Å². The first-order chi connectivity index (χ1) is 7.19. The van der Waals surface area contributed by atoms with Crippen molar-refractivity contribution in [1.82, 2.24) is 0 Å². The van der Waals surface area contributed by atoms with E-state index in [1.54, 1.807) is 0 Å². The Morgan fingerprint density at radius 1 is 1.27 bits per heavy atom. The van der Waals surface area contributed by atoms with Gasteiger partial charge in [-0.25, -0.2) is 0 Å². The van der Waals surface area contributed by atoms with Crippen molar-refractivity contribution in [3.05, 3.63) is 35.9 Å². The van der Waals surface area contributed by atoms with Gasteiger partial charge in [0.1, 0.15) is 5.66 Å². The van der Waals surface area contributed by atoms with Crippen LogP contribution in [0.4, 0.5) is 11.4 Å². The minimum atomic E-state index is -0.0924. The van der Waals surface area contributed by atoms with E-state index in [1.165, 1.54) is 16.9 Å². The molecule has 15 heavy (non-hydrogen) atoms. The summed E-state index contributed by atoms with van der Waals surface area (Å²) in [6, 6.07) is 6.46. The average Bonchev–Trinajstić information content (AvgIpc) is 2.56. The number of fused-ring (bicyclic) bond motifs is 1. The highest BCUT2D eigenvalue weighted by atomic mass is 15.2. The SMILES string of the molecule is CC=CC1(CC)Nc2ccc(C)cc2N1.